The Morgan fingerprint density at radius 1 is 1.03 bits per heavy atom. The minimum absolute atomic E-state index is 0.0224. The Labute approximate surface area is 182 Å². The van der Waals surface area contributed by atoms with Crippen LogP contribution in [-0.4, -0.2) is 49.9 Å². The summed E-state index contributed by atoms with van der Waals surface area (Å²) in [4.78, 5) is 13.3. The van der Waals surface area contributed by atoms with Crippen LogP contribution in [0.25, 0.3) is 0 Å². The number of rotatable bonds is 5. The van der Waals surface area contributed by atoms with Crippen LogP contribution < -0.4 is 4.90 Å². The van der Waals surface area contributed by atoms with Crippen LogP contribution in [0.15, 0.2) is 53.4 Å². The van der Waals surface area contributed by atoms with Crippen LogP contribution in [-0.2, 0) is 14.8 Å². The average Bonchev–Trinajstić information content (AvgIpc) is 2.79. The molecule has 166 valence electrons. The maximum absolute atomic E-state index is 13.0. The van der Waals surface area contributed by atoms with Gasteiger partial charge in [0, 0.05) is 32.2 Å². The van der Waals surface area contributed by atoms with E-state index in [2.05, 4.69) is 0 Å². The van der Waals surface area contributed by atoms with Crippen LogP contribution in [0.2, 0.25) is 0 Å². The van der Waals surface area contributed by atoms with Crippen molar-refractivity contribution in [2.45, 2.75) is 43.3 Å². The van der Waals surface area contributed by atoms with Crippen molar-refractivity contribution in [3.8, 4) is 0 Å². The van der Waals surface area contributed by atoms with Gasteiger partial charge in [0.15, 0.2) is 0 Å². The zero-order valence-electron chi connectivity index (χ0n) is 17.5. The quantitative estimate of drug-likeness (QED) is 0.514. The van der Waals surface area contributed by atoms with Crippen LogP contribution in [0.1, 0.15) is 37.9 Å². The van der Waals surface area contributed by atoms with Gasteiger partial charge in [-0.25, -0.2) is 8.42 Å². The Balaban J connectivity index is 1.66. The number of anilines is 1. The SMILES string of the molecule is CC1CN(c2ccc(S(=O)(=O)N3CCCCC3)cc2[N+](=O)[O-])CC(c2ccccc2)O1. The third-order valence-corrected chi connectivity index (χ3v) is 7.76. The highest BCUT2D eigenvalue weighted by molar-refractivity contribution is 7.89. The van der Waals surface area contributed by atoms with E-state index >= 15 is 0 Å². The van der Waals surface area contributed by atoms with E-state index in [1.165, 1.54) is 16.4 Å². The molecule has 0 aliphatic carbocycles. The van der Waals surface area contributed by atoms with E-state index in [1.807, 2.05) is 42.2 Å². The summed E-state index contributed by atoms with van der Waals surface area (Å²) in [6.45, 7) is 3.79. The summed E-state index contributed by atoms with van der Waals surface area (Å²) in [5.74, 6) is 0. The molecule has 0 spiro atoms. The molecule has 2 aromatic carbocycles. The molecule has 8 nitrogen and oxygen atoms in total. The maximum Gasteiger partial charge on any atom is 0.293 e. The van der Waals surface area contributed by atoms with Gasteiger partial charge in [-0.3, -0.25) is 10.1 Å². The molecule has 31 heavy (non-hydrogen) atoms. The molecular weight excluding hydrogens is 418 g/mol. The highest BCUT2D eigenvalue weighted by Gasteiger charge is 2.33. The number of piperidine rings is 1. The summed E-state index contributed by atoms with van der Waals surface area (Å²) in [5.41, 5.74) is 1.23. The van der Waals surface area contributed by atoms with Gasteiger partial charge in [0.2, 0.25) is 10.0 Å². The number of nitro groups is 1. The van der Waals surface area contributed by atoms with Crippen molar-refractivity contribution >= 4 is 21.4 Å². The zero-order chi connectivity index (χ0) is 22.0. The third kappa shape index (κ3) is 4.58. The van der Waals surface area contributed by atoms with Crippen LogP contribution in [0.3, 0.4) is 0 Å². The Hall–Kier alpha value is -2.49. The second-order valence-corrected chi connectivity index (χ2v) is 10.1. The van der Waals surface area contributed by atoms with E-state index in [0.717, 1.165) is 24.8 Å². The molecule has 2 heterocycles. The lowest BCUT2D eigenvalue weighted by Gasteiger charge is -2.38. The smallest absolute Gasteiger partial charge is 0.293 e. The summed E-state index contributed by atoms with van der Waals surface area (Å²) >= 11 is 0. The topological polar surface area (TPSA) is 93.0 Å². The number of morpholine rings is 1. The molecule has 4 rings (SSSR count). The first-order valence-electron chi connectivity index (χ1n) is 10.6. The van der Waals surface area contributed by atoms with Gasteiger partial charge in [-0.1, -0.05) is 36.8 Å². The molecular formula is C22H27N3O5S. The first kappa shape index (κ1) is 21.7. The number of hydrogen-bond donors (Lipinski definition) is 0. The Morgan fingerprint density at radius 2 is 1.74 bits per heavy atom. The fourth-order valence-electron chi connectivity index (χ4n) is 4.33. The van der Waals surface area contributed by atoms with Crippen molar-refractivity contribution in [1.29, 1.82) is 0 Å². The van der Waals surface area contributed by atoms with Gasteiger partial charge in [0.25, 0.3) is 5.69 Å². The first-order chi connectivity index (χ1) is 14.9. The summed E-state index contributed by atoms with van der Waals surface area (Å²) < 4.78 is 33.5. The lowest BCUT2D eigenvalue weighted by Crippen LogP contribution is -2.43. The average molecular weight is 446 g/mol. The molecule has 2 aromatic rings. The van der Waals surface area contributed by atoms with Gasteiger partial charge in [-0.15, -0.1) is 0 Å². The molecule has 0 N–H and O–H groups in total. The molecule has 0 bridgehead atoms. The predicted molar refractivity (Wildman–Crippen MR) is 118 cm³/mol. The number of nitro benzene ring substituents is 1. The minimum atomic E-state index is -3.74. The van der Waals surface area contributed by atoms with E-state index in [0.29, 0.717) is 31.9 Å². The van der Waals surface area contributed by atoms with Gasteiger partial charge in [0.05, 0.1) is 15.9 Å². The summed E-state index contributed by atoms with van der Waals surface area (Å²) in [5, 5.41) is 11.9. The van der Waals surface area contributed by atoms with Crippen LogP contribution in [0.4, 0.5) is 11.4 Å². The van der Waals surface area contributed by atoms with Gasteiger partial charge >= 0.3 is 0 Å². The molecule has 0 saturated carbocycles. The monoisotopic (exact) mass is 445 g/mol. The Morgan fingerprint density at radius 3 is 2.42 bits per heavy atom. The zero-order valence-corrected chi connectivity index (χ0v) is 18.3. The normalized spacial score (nSPS) is 22.9. The largest absolute Gasteiger partial charge is 0.367 e. The lowest BCUT2D eigenvalue weighted by atomic mass is 10.1. The highest BCUT2D eigenvalue weighted by atomic mass is 32.2. The molecule has 2 aliphatic heterocycles. The van der Waals surface area contributed by atoms with Crippen molar-refractivity contribution in [3.63, 3.8) is 0 Å². The van der Waals surface area contributed by atoms with Gasteiger partial charge in [-0.2, -0.15) is 4.31 Å². The standard InChI is InChI=1S/C22H27N3O5S/c1-17-15-23(16-22(30-17)18-8-4-2-5-9-18)20-11-10-19(14-21(20)25(26)27)31(28,29)24-12-6-3-7-13-24/h2,4-5,8-11,14,17,22H,3,6-7,12-13,15-16H2,1H3. The third-order valence-electron chi connectivity index (χ3n) is 5.87. The molecule has 2 unspecified atom stereocenters. The Bertz CT molecular complexity index is 1040. The number of nitrogens with zero attached hydrogens (tertiary/aromatic N) is 3. The van der Waals surface area contributed by atoms with Gasteiger partial charge in [0.1, 0.15) is 11.8 Å². The number of benzene rings is 2. The maximum atomic E-state index is 13.0. The number of sulfonamides is 1. The number of ether oxygens (including phenoxy) is 1. The second kappa shape index (κ2) is 8.94. The van der Waals surface area contributed by atoms with Crippen LogP contribution >= 0.6 is 0 Å². The molecule has 0 radical (unpaired) electrons. The predicted octanol–water partition coefficient (Wildman–Crippen LogP) is 3.74. The highest BCUT2D eigenvalue weighted by Crippen LogP contribution is 2.36. The summed E-state index contributed by atoms with van der Waals surface area (Å²) in [6.07, 6.45) is 2.28. The molecule has 0 aromatic heterocycles. The van der Waals surface area contributed by atoms with Crippen LogP contribution in [0.5, 0.6) is 0 Å². The molecule has 2 atom stereocenters. The molecule has 2 saturated heterocycles. The molecule has 2 fully saturated rings. The van der Waals surface area contributed by atoms with Crippen molar-refractivity contribution < 1.29 is 18.1 Å². The van der Waals surface area contributed by atoms with Crippen molar-refractivity contribution in [2.75, 3.05) is 31.1 Å². The number of hydrogen-bond acceptors (Lipinski definition) is 6. The molecule has 0 amide bonds. The fraction of sp³-hybridized carbons (Fsp3) is 0.455. The van der Waals surface area contributed by atoms with Gasteiger partial charge < -0.3 is 9.64 Å². The molecule has 9 heteroatoms. The fourth-order valence-corrected chi connectivity index (χ4v) is 5.87. The summed E-state index contributed by atoms with van der Waals surface area (Å²) in [6, 6.07) is 14.0. The van der Waals surface area contributed by atoms with Crippen molar-refractivity contribution in [3.05, 3.63) is 64.2 Å². The van der Waals surface area contributed by atoms with E-state index in [9.17, 15) is 18.5 Å². The minimum Gasteiger partial charge on any atom is -0.367 e. The van der Waals surface area contributed by atoms with E-state index in [4.69, 9.17) is 4.74 Å². The van der Waals surface area contributed by atoms with Crippen molar-refractivity contribution in [1.82, 2.24) is 4.31 Å². The molecule has 2 aliphatic rings. The van der Waals surface area contributed by atoms with E-state index in [1.54, 1.807) is 6.07 Å². The second-order valence-electron chi connectivity index (χ2n) is 8.12. The van der Waals surface area contributed by atoms with Gasteiger partial charge in [-0.05, 0) is 37.5 Å². The van der Waals surface area contributed by atoms with E-state index in [-0.39, 0.29) is 22.8 Å². The first-order valence-corrected chi connectivity index (χ1v) is 12.0. The Kier molecular flexibility index (Phi) is 6.27. The lowest BCUT2D eigenvalue weighted by molar-refractivity contribution is -0.384. The van der Waals surface area contributed by atoms with Crippen molar-refractivity contribution in [2.24, 2.45) is 0 Å². The van der Waals surface area contributed by atoms with E-state index < -0.39 is 14.9 Å². The summed E-state index contributed by atoms with van der Waals surface area (Å²) in [7, 11) is -3.74. The van der Waals surface area contributed by atoms with Crippen LogP contribution in [0, 0.1) is 10.1 Å².